The van der Waals surface area contributed by atoms with Gasteiger partial charge in [0.05, 0.1) is 23.3 Å². The van der Waals surface area contributed by atoms with Gasteiger partial charge in [-0.05, 0) is 44.0 Å². The molecule has 4 heterocycles. The van der Waals surface area contributed by atoms with E-state index in [0.29, 0.717) is 12.2 Å². The van der Waals surface area contributed by atoms with Crippen LogP contribution in [-0.2, 0) is 16.1 Å². The summed E-state index contributed by atoms with van der Waals surface area (Å²) < 4.78 is 1.85. The molecule has 30 heavy (non-hydrogen) atoms. The average molecular weight is 404 g/mol. The summed E-state index contributed by atoms with van der Waals surface area (Å²) in [6, 6.07) is 7.56. The summed E-state index contributed by atoms with van der Waals surface area (Å²) in [4.78, 5) is 35.3. The van der Waals surface area contributed by atoms with Gasteiger partial charge in [-0.1, -0.05) is 0 Å². The SMILES string of the molecule is Cc1cncc(-c2ccc(NC(=O)CCC(=O)N3CCCn4nc(C)cc43)cn2)c1. The van der Waals surface area contributed by atoms with Crippen molar-refractivity contribution in [2.24, 2.45) is 0 Å². The molecule has 8 heteroatoms. The van der Waals surface area contributed by atoms with Gasteiger partial charge in [0.25, 0.3) is 0 Å². The molecule has 154 valence electrons. The first kappa shape index (κ1) is 19.8. The summed E-state index contributed by atoms with van der Waals surface area (Å²) in [6.45, 7) is 5.36. The number of carbonyl (C=O) groups excluding carboxylic acids is 2. The quantitative estimate of drug-likeness (QED) is 0.705. The van der Waals surface area contributed by atoms with Gasteiger partial charge in [0.15, 0.2) is 0 Å². The van der Waals surface area contributed by atoms with Crippen LogP contribution in [0.2, 0.25) is 0 Å². The van der Waals surface area contributed by atoms with Gasteiger partial charge in [0, 0.05) is 50.0 Å². The minimum absolute atomic E-state index is 0.0635. The molecule has 2 amide bonds. The lowest BCUT2D eigenvalue weighted by molar-refractivity contribution is -0.122. The Morgan fingerprint density at radius 2 is 1.93 bits per heavy atom. The molecule has 3 aromatic rings. The average Bonchev–Trinajstić information content (AvgIpc) is 3.12. The number of anilines is 2. The number of hydrogen-bond donors (Lipinski definition) is 1. The van der Waals surface area contributed by atoms with E-state index in [-0.39, 0.29) is 24.7 Å². The number of nitrogens with one attached hydrogen (secondary N) is 1. The first-order valence-corrected chi connectivity index (χ1v) is 10.0. The number of nitrogens with zero attached hydrogens (tertiary/aromatic N) is 5. The van der Waals surface area contributed by atoms with E-state index in [0.717, 1.165) is 41.3 Å². The normalized spacial score (nSPS) is 13.1. The molecule has 0 spiro atoms. The van der Waals surface area contributed by atoms with Gasteiger partial charge in [-0.15, -0.1) is 0 Å². The highest BCUT2D eigenvalue weighted by Crippen LogP contribution is 2.23. The standard InChI is InChI=1S/C22H24N6O2/c1-15-10-17(13-23-12-15)19-5-4-18(14-24-19)25-20(29)6-7-22(30)27-8-3-9-28-21(27)11-16(2)26-28/h4-5,10-14H,3,6-9H2,1-2H3,(H,25,29). The third kappa shape index (κ3) is 4.37. The number of rotatable bonds is 5. The van der Waals surface area contributed by atoms with Crippen LogP contribution in [-0.4, -0.2) is 38.1 Å². The Morgan fingerprint density at radius 1 is 1.07 bits per heavy atom. The van der Waals surface area contributed by atoms with E-state index in [9.17, 15) is 9.59 Å². The van der Waals surface area contributed by atoms with Gasteiger partial charge in [-0.25, -0.2) is 4.68 Å². The molecule has 4 rings (SSSR count). The highest BCUT2D eigenvalue weighted by molar-refractivity contribution is 5.97. The Morgan fingerprint density at radius 3 is 2.70 bits per heavy atom. The maximum Gasteiger partial charge on any atom is 0.228 e. The molecule has 3 aromatic heterocycles. The van der Waals surface area contributed by atoms with Gasteiger partial charge < -0.3 is 5.32 Å². The van der Waals surface area contributed by atoms with Crippen molar-refractivity contribution in [2.75, 3.05) is 16.8 Å². The van der Waals surface area contributed by atoms with Crippen LogP contribution in [0.5, 0.6) is 0 Å². The Labute approximate surface area is 175 Å². The Bertz CT molecular complexity index is 1070. The van der Waals surface area contributed by atoms with E-state index < -0.39 is 0 Å². The van der Waals surface area contributed by atoms with Crippen LogP contribution in [0.15, 0.2) is 42.9 Å². The van der Waals surface area contributed by atoms with Crippen LogP contribution < -0.4 is 10.2 Å². The Hall–Kier alpha value is -3.55. The molecule has 1 N–H and O–H groups in total. The van der Waals surface area contributed by atoms with Crippen LogP contribution in [0.4, 0.5) is 11.5 Å². The van der Waals surface area contributed by atoms with Crippen molar-refractivity contribution in [1.29, 1.82) is 0 Å². The molecule has 0 radical (unpaired) electrons. The fourth-order valence-corrected chi connectivity index (χ4v) is 3.57. The first-order chi connectivity index (χ1) is 14.5. The summed E-state index contributed by atoms with van der Waals surface area (Å²) in [7, 11) is 0. The minimum Gasteiger partial charge on any atom is -0.325 e. The number of hydrogen-bond acceptors (Lipinski definition) is 5. The number of aromatic nitrogens is 4. The molecule has 0 fully saturated rings. The molecule has 0 saturated carbocycles. The van der Waals surface area contributed by atoms with Crippen molar-refractivity contribution in [2.45, 2.75) is 39.7 Å². The highest BCUT2D eigenvalue weighted by atomic mass is 16.2. The maximum absolute atomic E-state index is 12.6. The Kier molecular flexibility index (Phi) is 5.56. The fraction of sp³-hybridized carbons (Fsp3) is 0.318. The van der Waals surface area contributed by atoms with Crippen molar-refractivity contribution in [3.8, 4) is 11.3 Å². The van der Waals surface area contributed by atoms with Crippen LogP contribution in [0.3, 0.4) is 0 Å². The van der Waals surface area contributed by atoms with Crippen molar-refractivity contribution in [1.82, 2.24) is 19.7 Å². The molecule has 0 atom stereocenters. The van der Waals surface area contributed by atoms with E-state index >= 15 is 0 Å². The molecule has 1 aliphatic heterocycles. The first-order valence-electron chi connectivity index (χ1n) is 10.0. The number of aryl methyl sites for hydroxylation is 3. The second-order valence-corrected chi connectivity index (χ2v) is 7.50. The van der Waals surface area contributed by atoms with Gasteiger partial charge in [-0.3, -0.25) is 24.5 Å². The van der Waals surface area contributed by atoms with Crippen molar-refractivity contribution in [3.63, 3.8) is 0 Å². The van der Waals surface area contributed by atoms with Crippen LogP contribution in [0.25, 0.3) is 11.3 Å². The summed E-state index contributed by atoms with van der Waals surface area (Å²) in [6.07, 6.45) is 6.29. The van der Waals surface area contributed by atoms with E-state index in [1.54, 1.807) is 29.6 Å². The number of pyridine rings is 2. The molecule has 0 aliphatic carbocycles. The van der Waals surface area contributed by atoms with E-state index in [1.807, 2.05) is 36.7 Å². The van der Waals surface area contributed by atoms with Gasteiger partial charge in [0.2, 0.25) is 11.8 Å². The highest BCUT2D eigenvalue weighted by Gasteiger charge is 2.24. The molecular formula is C22H24N6O2. The number of carbonyl (C=O) groups is 2. The monoisotopic (exact) mass is 404 g/mol. The molecule has 0 bridgehead atoms. The Balaban J connectivity index is 1.32. The summed E-state index contributed by atoms with van der Waals surface area (Å²) in [5, 5.41) is 7.21. The number of fused-ring (bicyclic) bond motifs is 1. The fourth-order valence-electron chi connectivity index (χ4n) is 3.57. The van der Waals surface area contributed by atoms with Crippen LogP contribution in [0, 0.1) is 13.8 Å². The topological polar surface area (TPSA) is 93.0 Å². The largest absolute Gasteiger partial charge is 0.325 e. The van der Waals surface area contributed by atoms with E-state index in [1.165, 1.54) is 0 Å². The lowest BCUT2D eigenvalue weighted by Crippen LogP contribution is -2.37. The predicted octanol–water partition coefficient (Wildman–Crippen LogP) is 3.11. The molecular weight excluding hydrogens is 380 g/mol. The lowest BCUT2D eigenvalue weighted by atomic mass is 10.1. The van der Waals surface area contributed by atoms with Crippen molar-refractivity contribution in [3.05, 3.63) is 54.1 Å². The second-order valence-electron chi connectivity index (χ2n) is 7.50. The maximum atomic E-state index is 12.6. The third-order valence-corrected chi connectivity index (χ3v) is 4.99. The molecule has 0 saturated heterocycles. The number of amides is 2. The predicted molar refractivity (Wildman–Crippen MR) is 114 cm³/mol. The minimum atomic E-state index is -0.211. The van der Waals surface area contributed by atoms with E-state index in [2.05, 4.69) is 20.4 Å². The van der Waals surface area contributed by atoms with Gasteiger partial charge >= 0.3 is 0 Å². The van der Waals surface area contributed by atoms with Crippen LogP contribution in [0.1, 0.15) is 30.5 Å². The summed E-state index contributed by atoms with van der Waals surface area (Å²) in [5.41, 5.74) is 4.26. The second kappa shape index (κ2) is 8.44. The zero-order valence-electron chi connectivity index (χ0n) is 17.1. The van der Waals surface area contributed by atoms with Gasteiger partial charge in [-0.2, -0.15) is 5.10 Å². The molecule has 1 aliphatic rings. The van der Waals surface area contributed by atoms with Crippen molar-refractivity contribution < 1.29 is 9.59 Å². The van der Waals surface area contributed by atoms with Crippen molar-refractivity contribution >= 4 is 23.3 Å². The van der Waals surface area contributed by atoms with Gasteiger partial charge in [0.1, 0.15) is 5.82 Å². The summed E-state index contributed by atoms with van der Waals surface area (Å²) in [5.74, 6) is 0.540. The lowest BCUT2D eigenvalue weighted by Gasteiger charge is -2.27. The molecule has 0 aromatic carbocycles. The zero-order valence-corrected chi connectivity index (χ0v) is 17.1. The summed E-state index contributed by atoms with van der Waals surface area (Å²) >= 11 is 0. The zero-order chi connectivity index (χ0) is 21.1. The van der Waals surface area contributed by atoms with Crippen LogP contribution >= 0.6 is 0 Å². The third-order valence-electron chi connectivity index (χ3n) is 4.99. The molecule has 8 nitrogen and oxygen atoms in total. The smallest absolute Gasteiger partial charge is 0.228 e. The van der Waals surface area contributed by atoms with E-state index in [4.69, 9.17) is 0 Å². The molecule has 0 unspecified atom stereocenters.